The molecule has 0 unspecified atom stereocenters. The van der Waals surface area contributed by atoms with Crippen LogP contribution in [0.1, 0.15) is 0 Å². The summed E-state index contributed by atoms with van der Waals surface area (Å²) in [7, 11) is 0. The molecule has 156 valence electrons. The van der Waals surface area contributed by atoms with E-state index in [-0.39, 0.29) is 36.7 Å². The van der Waals surface area contributed by atoms with Crippen LogP contribution in [0.4, 0.5) is 0 Å². The molecule has 0 radical (unpaired) electrons. The molecule has 0 saturated carbocycles. The number of hydrogen-bond donors (Lipinski definition) is 1. The highest BCUT2D eigenvalue weighted by Crippen LogP contribution is 2.21. The highest BCUT2D eigenvalue weighted by Gasteiger charge is 2.09. The number of nitrogens with one attached hydrogen (secondary N) is 1. The van der Waals surface area contributed by atoms with E-state index in [4.69, 9.17) is 0 Å². The average Bonchev–Trinajstić information content (AvgIpc) is 3.32. The van der Waals surface area contributed by atoms with Gasteiger partial charge >= 0.3 is 0 Å². The fraction of sp³-hybridized carbons (Fsp3) is 0.143. The Balaban J connectivity index is 1.39. The molecule has 0 aliphatic carbocycles. The van der Waals surface area contributed by atoms with E-state index < -0.39 is 0 Å². The molecule has 31 heavy (non-hydrogen) atoms. The quantitative estimate of drug-likeness (QED) is 0.471. The summed E-state index contributed by atoms with van der Waals surface area (Å²) >= 11 is 1.53. The highest BCUT2D eigenvalue weighted by molar-refractivity contribution is 7.13. The summed E-state index contributed by atoms with van der Waals surface area (Å²) in [5.41, 5.74) is 1.35. The van der Waals surface area contributed by atoms with E-state index in [1.54, 1.807) is 30.6 Å². The fourth-order valence-corrected chi connectivity index (χ4v) is 3.58. The summed E-state index contributed by atoms with van der Waals surface area (Å²) in [5, 5.41) is 13.2. The second-order valence-electron chi connectivity index (χ2n) is 6.56. The first-order valence-electron chi connectivity index (χ1n) is 9.47. The Morgan fingerprint density at radius 2 is 1.71 bits per heavy atom. The molecule has 4 heterocycles. The maximum absolute atomic E-state index is 12.3. The molecule has 0 bridgehead atoms. The molecule has 0 saturated heterocycles. The molecule has 4 aromatic heterocycles. The van der Waals surface area contributed by atoms with Crippen molar-refractivity contribution in [2.75, 3.05) is 6.54 Å². The van der Waals surface area contributed by atoms with Crippen molar-refractivity contribution in [1.82, 2.24) is 29.9 Å². The van der Waals surface area contributed by atoms with Crippen LogP contribution in [0.25, 0.3) is 21.8 Å². The lowest BCUT2D eigenvalue weighted by atomic mass is 10.2. The van der Waals surface area contributed by atoms with Gasteiger partial charge in [0.1, 0.15) is 12.2 Å². The van der Waals surface area contributed by atoms with Crippen molar-refractivity contribution in [2.45, 2.75) is 13.1 Å². The molecule has 0 spiro atoms. The number of carbonyl (C=O) groups excluding carboxylic acids is 1. The van der Waals surface area contributed by atoms with Gasteiger partial charge in [-0.15, -0.1) is 11.3 Å². The van der Waals surface area contributed by atoms with Crippen molar-refractivity contribution in [3.05, 3.63) is 87.0 Å². The Morgan fingerprint density at radius 1 is 0.935 bits per heavy atom. The van der Waals surface area contributed by atoms with Crippen LogP contribution in [-0.4, -0.2) is 37.0 Å². The predicted molar refractivity (Wildman–Crippen MR) is 117 cm³/mol. The van der Waals surface area contributed by atoms with Gasteiger partial charge in [-0.3, -0.25) is 19.4 Å². The second-order valence-corrected chi connectivity index (χ2v) is 7.51. The Labute approximate surface area is 180 Å². The van der Waals surface area contributed by atoms with Gasteiger partial charge in [-0.1, -0.05) is 6.07 Å². The largest absolute Gasteiger partial charge is 0.353 e. The Hall–Kier alpha value is -3.92. The summed E-state index contributed by atoms with van der Waals surface area (Å²) < 4.78 is 2.41. The first kappa shape index (κ1) is 20.4. The Morgan fingerprint density at radius 3 is 2.45 bits per heavy atom. The van der Waals surface area contributed by atoms with Crippen molar-refractivity contribution in [1.29, 1.82) is 0 Å². The predicted octanol–water partition coefficient (Wildman–Crippen LogP) is 1.41. The molecule has 0 atom stereocenters. The first-order chi connectivity index (χ1) is 15.1. The van der Waals surface area contributed by atoms with Crippen LogP contribution in [0.2, 0.25) is 0 Å². The van der Waals surface area contributed by atoms with Crippen molar-refractivity contribution in [3.8, 4) is 21.8 Å². The first-order valence-corrected chi connectivity index (χ1v) is 10.4. The number of nitrogens with zero attached hydrogens (tertiary/aromatic N) is 5. The van der Waals surface area contributed by atoms with Gasteiger partial charge in [-0.05, 0) is 35.7 Å². The maximum atomic E-state index is 12.3. The molecule has 10 heteroatoms. The van der Waals surface area contributed by atoms with E-state index in [1.165, 1.54) is 28.2 Å². The summed E-state index contributed by atoms with van der Waals surface area (Å²) in [6.45, 7) is 0.170. The molecular weight excluding hydrogens is 416 g/mol. The minimum absolute atomic E-state index is 0.191. The summed E-state index contributed by atoms with van der Waals surface area (Å²) in [6.07, 6.45) is 3.27. The van der Waals surface area contributed by atoms with E-state index in [0.29, 0.717) is 11.4 Å². The van der Waals surface area contributed by atoms with Crippen LogP contribution in [0.5, 0.6) is 0 Å². The van der Waals surface area contributed by atoms with Crippen LogP contribution in [-0.2, 0) is 17.9 Å². The normalized spacial score (nSPS) is 10.7. The number of aromatic nitrogens is 5. The number of rotatable bonds is 7. The second kappa shape index (κ2) is 9.26. The van der Waals surface area contributed by atoms with Gasteiger partial charge < -0.3 is 5.32 Å². The smallest absolute Gasteiger partial charge is 0.267 e. The van der Waals surface area contributed by atoms with Crippen LogP contribution in [0.15, 0.2) is 75.9 Å². The van der Waals surface area contributed by atoms with Crippen molar-refractivity contribution in [2.24, 2.45) is 0 Å². The molecule has 4 aromatic rings. The molecule has 1 amide bonds. The molecule has 0 aliphatic rings. The molecule has 0 aliphatic heterocycles. The minimum Gasteiger partial charge on any atom is -0.353 e. The van der Waals surface area contributed by atoms with Crippen LogP contribution in [0, 0.1) is 0 Å². The van der Waals surface area contributed by atoms with Gasteiger partial charge in [0.15, 0.2) is 0 Å². The zero-order chi connectivity index (χ0) is 21.6. The minimum atomic E-state index is -0.389. The molecule has 4 rings (SSSR count). The summed E-state index contributed by atoms with van der Waals surface area (Å²) in [6, 6.07) is 13.5. The van der Waals surface area contributed by atoms with E-state index in [0.717, 1.165) is 15.1 Å². The summed E-state index contributed by atoms with van der Waals surface area (Å²) in [5.74, 6) is -0.389. The van der Waals surface area contributed by atoms with E-state index in [2.05, 4.69) is 20.5 Å². The fourth-order valence-electron chi connectivity index (χ4n) is 2.89. The van der Waals surface area contributed by atoms with Gasteiger partial charge in [0.05, 0.1) is 17.1 Å². The summed E-state index contributed by atoms with van der Waals surface area (Å²) in [4.78, 5) is 41.4. The Kier molecular flexibility index (Phi) is 6.08. The number of hydrogen-bond acceptors (Lipinski definition) is 7. The van der Waals surface area contributed by atoms with Gasteiger partial charge in [0.25, 0.3) is 11.1 Å². The Bertz CT molecular complexity index is 1300. The molecule has 0 fully saturated rings. The number of thiophene rings is 1. The lowest BCUT2D eigenvalue weighted by Crippen LogP contribution is -2.36. The van der Waals surface area contributed by atoms with Crippen LogP contribution < -0.4 is 16.4 Å². The highest BCUT2D eigenvalue weighted by atomic mass is 32.1. The number of amides is 1. The van der Waals surface area contributed by atoms with Gasteiger partial charge in [-0.2, -0.15) is 10.2 Å². The topological polar surface area (TPSA) is 112 Å². The third-order valence-corrected chi connectivity index (χ3v) is 5.30. The number of carbonyl (C=O) groups is 1. The van der Waals surface area contributed by atoms with E-state index in [9.17, 15) is 14.4 Å². The van der Waals surface area contributed by atoms with Gasteiger partial charge in [0.2, 0.25) is 5.91 Å². The number of pyridine rings is 1. The SMILES string of the molecule is O=C(Cn1nc(-c2cccnc2)ccc1=O)NCCn1nc(-c2cccs2)ccc1=O. The van der Waals surface area contributed by atoms with Gasteiger partial charge in [-0.25, -0.2) is 9.36 Å². The molecule has 0 aromatic carbocycles. The third-order valence-electron chi connectivity index (χ3n) is 4.40. The molecule has 1 N–H and O–H groups in total. The third kappa shape index (κ3) is 4.98. The van der Waals surface area contributed by atoms with Crippen molar-refractivity contribution in [3.63, 3.8) is 0 Å². The lowest BCUT2D eigenvalue weighted by molar-refractivity contribution is -0.121. The monoisotopic (exact) mass is 434 g/mol. The standard InChI is InChI=1S/C21H18N6O3S/c28-19(14-27-21(30)7-5-16(24-27)15-3-1-9-22-13-15)23-10-11-26-20(29)8-6-17(25-26)18-4-2-12-31-18/h1-9,12-13H,10-11,14H2,(H,23,28). The van der Waals surface area contributed by atoms with Crippen LogP contribution >= 0.6 is 11.3 Å². The van der Waals surface area contributed by atoms with Crippen molar-refractivity contribution < 1.29 is 4.79 Å². The van der Waals surface area contributed by atoms with Gasteiger partial charge in [0, 0.05) is 36.6 Å². The molecular formula is C21H18N6O3S. The van der Waals surface area contributed by atoms with Crippen molar-refractivity contribution >= 4 is 17.2 Å². The zero-order valence-electron chi connectivity index (χ0n) is 16.3. The molecule has 9 nitrogen and oxygen atoms in total. The van der Waals surface area contributed by atoms with E-state index in [1.807, 2.05) is 23.6 Å². The zero-order valence-corrected chi connectivity index (χ0v) is 17.2. The lowest BCUT2D eigenvalue weighted by Gasteiger charge is -2.09. The van der Waals surface area contributed by atoms with E-state index >= 15 is 0 Å². The van der Waals surface area contributed by atoms with Crippen LogP contribution in [0.3, 0.4) is 0 Å². The maximum Gasteiger partial charge on any atom is 0.267 e. The average molecular weight is 434 g/mol.